The smallest absolute Gasteiger partial charge is 0.195 e. The largest absolute Gasteiger partial charge is 0.494 e. The first-order chi connectivity index (χ1) is 17.0. The Bertz CT molecular complexity index is 1250. The van der Waals surface area contributed by atoms with Gasteiger partial charge in [-0.25, -0.2) is 8.78 Å². The van der Waals surface area contributed by atoms with Gasteiger partial charge in [0.25, 0.3) is 0 Å². The van der Waals surface area contributed by atoms with Crippen molar-refractivity contribution in [3.05, 3.63) is 94.8 Å². The molecule has 0 saturated carbocycles. The van der Waals surface area contributed by atoms with Crippen molar-refractivity contribution in [1.29, 1.82) is 0 Å². The van der Waals surface area contributed by atoms with Crippen molar-refractivity contribution in [3.63, 3.8) is 0 Å². The molecule has 2 aliphatic rings. The Balaban J connectivity index is 1.38. The lowest BCUT2D eigenvalue weighted by Crippen LogP contribution is -2.44. The molecule has 5 rings (SSSR count). The van der Waals surface area contributed by atoms with Crippen LogP contribution in [0.4, 0.5) is 8.78 Å². The Morgan fingerprint density at radius 1 is 0.914 bits per heavy atom. The van der Waals surface area contributed by atoms with E-state index in [4.69, 9.17) is 4.74 Å². The van der Waals surface area contributed by atoms with E-state index in [1.54, 1.807) is 36.7 Å². The molecule has 1 saturated heterocycles. The number of benzene rings is 2. The first kappa shape index (κ1) is 23.3. The Hall–Kier alpha value is -3.42. The third kappa shape index (κ3) is 5.01. The summed E-state index contributed by atoms with van der Waals surface area (Å²) in [6, 6.07) is 12.2. The minimum absolute atomic E-state index is 0.212. The highest BCUT2D eigenvalue weighted by Gasteiger charge is 2.32. The molecule has 7 heteroatoms. The number of ketones is 1. The summed E-state index contributed by atoms with van der Waals surface area (Å²) < 4.78 is 34.1. The van der Waals surface area contributed by atoms with Crippen LogP contribution in [-0.4, -0.2) is 66.9 Å². The fourth-order valence-electron chi connectivity index (χ4n) is 4.74. The van der Waals surface area contributed by atoms with Crippen LogP contribution in [0.15, 0.2) is 60.9 Å². The summed E-state index contributed by atoms with van der Waals surface area (Å²) in [6.07, 6.45) is 4.10. The van der Waals surface area contributed by atoms with Crippen molar-refractivity contribution in [2.24, 2.45) is 0 Å². The predicted octanol–water partition coefficient (Wildman–Crippen LogP) is 4.53. The molecule has 180 valence electrons. The maximum atomic E-state index is 14.1. The maximum absolute atomic E-state index is 14.1. The van der Waals surface area contributed by atoms with Gasteiger partial charge in [-0.2, -0.15) is 0 Å². The lowest BCUT2D eigenvalue weighted by atomic mass is 9.95. The van der Waals surface area contributed by atoms with Gasteiger partial charge in [0.05, 0.1) is 6.61 Å². The topological polar surface area (TPSA) is 45.7 Å². The van der Waals surface area contributed by atoms with Crippen LogP contribution in [0.5, 0.6) is 5.75 Å². The highest BCUT2D eigenvalue weighted by Crippen LogP contribution is 2.43. The Morgan fingerprint density at radius 2 is 1.69 bits per heavy atom. The first-order valence-electron chi connectivity index (χ1n) is 11.8. The van der Waals surface area contributed by atoms with Crippen LogP contribution in [0.3, 0.4) is 0 Å². The van der Waals surface area contributed by atoms with Crippen LogP contribution in [0.2, 0.25) is 0 Å². The van der Waals surface area contributed by atoms with Gasteiger partial charge in [-0.05, 0) is 61.0 Å². The molecule has 0 radical (unpaired) electrons. The third-order valence-corrected chi connectivity index (χ3v) is 6.57. The lowest BCUT2D eigenvalue weighted by Gasteiger charge is -2.32. The molecule has 2 heterocycles. The number of ether oxygens (including phenoxy) is 1. The van der Waals surface area contributed by atoms with E-state index in [1.165, 1.54) is 12.1 Å². The average molecular weight is 476 g/mol. The SMILES string of the molecule is CN1CCN(CCCOc2ccc3c(c2)C(=O)C(c2cccnc2)=C3c2cc(F)cc(F)c2)CC1. The fraction of sp³-hybridized carbons (Fsp3) is 0.286. The second kappa shape index (κ2) is 10.1. The summed E-state index contributed by atoms with van der Waals surface area (Å²) in [5.74, 6) is -0.998. The molecular formula is C28H27F2N3O2. The summed E-state index contributed by atoms with van der Waals surface area (Å²) in [5, 5.41) is 0. The summed E-state index contributed by atoms with van der Waals surface area (Å²) in [5.41, 5.74) is 2.88. The van der Waals surface area contributed by atoms with E-state index in [1.807, 2.05) is 6.07 Å². The second-order valence-corrected chi connectivity index (χ2v) is 9.03. The molecule has 0 N–H and O–H groups in total. The lowest BCUT2D eigenvalue weighted by molar-refractivity contribution is 0.105. The third-order valence-electron chi connectivity index (χ3n) is 6.57. The Labute approximate surface area is 203 Å². The number of likely N-dealkylation sites (N-methyl/N-ethyl adjacent to an activating group) is 1. The normalized spacial score (nSPS) is 16.6. The van der Waals surface area contributed by atoms with Gasteiger partial charge < -0.3 is 14.5 Å². The number of nitrogens with zero attached hydrogens (tertiary/aromatic N) is 3. The number of allylic oxidation sites excluding steroid dienone is 1. The van der Waals surface area contributed by atoms with Crippen molar-refractivity contribution >= 4 is 16.9 Å². The molecule has 0 spiro atoms. The number of Topliss-reactive ketones (excluding diaryl/α,β-unsaturated/α-hetero) is 1. The second-order valence-electron chi connectivity index (χ2n) is 9.03. The van der Waals surface area contributed by atoms with Crippen molar-refractivity contribution in [3.8, 4) is 5.75 Å². The zero-order valence-electron chi connectivity index (χ0n) is 19.6. The molecule has 1 aliphatic heterocycles. The van der Waals surface area contributed by atoms with E-state index in [0.717, 1.165) is 45.2 Å². The van der Waals surface area contributed by atoms with Crippen LogP contribution >= 0.6 is 0 Å². The van der Waals surface area contributed by atoms with Crippen molar-refractivity contribution in [2.45, 2.75) is 6.42 Å². The first-order valence-corrected chi connectivity index (χ1v) is 11.8. The van der Waals surface area contributed by atoms with Crippen LogP contribution in [-0.2, 0) is 0 Å². The summed E-state index contributed by atoms with van der Waals surface area (Å²) in [6.45, 7) is 5.81. The predicted molar refractivity (Wildman–Crippen MR) is 131 cm³/mol. The van der Waals surface area contributed by atoms with Crippen LogP contribution < -0.4 is 4.74 Å². The van der Waals surface area contributed by atoms with Gasteiger partial charge in [-0.3, -0.25) is 9.78 Å². The average Bonchev–Trinajstić information content (AvgIpc) is 3.15. The molecule has 1 aliphatic carbocycles. The van der Waals surface area contributed by atoms with Crippen molar-refractivity contribution in [2.75, 3.05) is 46.4 Å². The number of rotatable bonds is 7. The molecule has 2 aromatic carbocycles. The van der Waals surface area contributed by atoms with E-state index >= 15 is 0 Å². The number of pyridine rings is 1. The van der Waals surface area contributed by atoms with Gasteiger partial charge in [-0.15, -0.1) is 0 Å². The number of hydrogen-bond acceptors (Lipinski definition) is 5. The molecule has 35 heavy (non-hydrogen) atoms. The maximum Gasteiger partial charge on any atom is 0.195 e. The van der Waals surface area contributed by atoms with Crippen LogP contribution in [0.1, 0.15) is 33.5 Å². The molecule has 3 aromatic rings. The summed E-state index contributed by atoms with van der Waals surface area (Å²) >= 11 is 0. The van der Waals surface area contributed by atoms with Gasteiger partial charge in [0, 0.05) is 73.5 Å². The Morgan fingerprint density at radius 3 is 2.40 bits per heavy atom. The van der Waals surface area contributed by atoms with Gasteiger partial charge in [0.15, 0.2) is 5.78 Å². The molecular weight excluding hydrogens is 448 g/mol. The highest BCUT2D eigenvalue weighted by molar-refractivity contribution is 6.41. The fourth-order valence-corrected chi connectivity index (χ4v) is 4.74. The quantitative estimate of drug-likeness (QED) is 0.470. The van der Waals surface area contributed by atoms with Crippen molar-refractivity contribution < 1.29 is 18.3 Å². The van der Waals surface area contributed by atoms with Crippen LogP contribution in [0.25, 0.3) is 11.1 Å². The zero-order chi connectivity index (χ0) is 24.4. The van der Waals surface area contributed by atoms with E-state index in [2.05, 4.69) is 21.8 Å². The number of aromatic nitrogens is 1. The number of fused-ring (bicyclic) bond motifs is 1. The monoisotopic (exact) mass is 475 g/mol. The van der Waals surface area contributed by atoms with Gasteiger partial charge in [0.1, 0.15) is 17.4 Å². The standard InChI is InChI=1S/C28H27F2N3O2/c1-32-9-11-33(12-10-32)8-3-13-35-23-5-6-24-25(17-23)28(34)27(19-4-2-7-31-18-19)26(24)20-14-21(29)16-22(30)15-20/h2,4-7,14-18H,3,8-13H2,1H3. The molecule has 1 fully saturated rings. The van der Waals surface area contributed by atoms with Crippen molar-refractivity contribution in [1.82, 2.24) is 14.8 Å². The summed E-state index contributed by atoms with van der Waals surface area (Å²) in [4.78, 5) is 22.4. The molecule has 0 amide bonds. The number of carbonyl (C=O) groups is 1. The molecule has 1 aromatic heterocycles. The minimum Gasteiger partial charge on any atom is -0.494 e. The minimum atomic E-state index is -0.695. The van der Waals surface area contributed by atoms with Gasteiger partial charge in [-0.1, -0.05) is 6.07 Å². The van der Waals surface area contributed by atoms with Crippen LogP contribution in [0, 0.1) is 11.6 Å². The number of carbonyl (C=O) groups excluding carboxylic acids is 1. The van der Waals surface area contributed by atoms with E-state index in [0.29, 0.717) is 45.8 Å². The van der Waals surface area contributed by atoms with E-state index in [9.17, 15) is 13.6 Å². The zero-order valence-corrected chi connectivity index (χ0v) is 19.6. The molecule has 0 atom stereocenters. The number of halogens is 2. The molecule has 0 unspecified atom stereocenters. The molecule has 5 nitrogen and oxygen atoms in total. The van der Waals surface area contributed by atoms with Gasteiger partial charge >= 0.3 is 0 Å². The number of hydrogen-bond donors (Lipinski definition) is 0. The summed E-state index contributed by atoms with van der Waals surface area (Å²) in [7, 11) is 2.14. The van der Waals surface area contributed by atoms with E-state index in [-0.39, 0.29) is 5.78 Å². The van der Waals surface area contributed by atoms with Gasteiger partial charge in [0.2, 0.25) is 0 Å². The molecule has 0 bridgehead atoms. The Kier molecular flexibility index (Phi) is 6.70. The van der Waals surface area contributed by atoms with E-state index < -0.39 is 11.6 Å². The number of piperazine rings is 1. The highest BCUT2D eigenvalue weighted by atomic mass is 19.1.